The minimum atomic E-state index is -0.419. The van der Waals surface area contributed by atoms with E-state index in [4.69, 9.17) is 19.9 Å². The molecule has 1 atom stereocenters. The molecule has 0 aromatic heterocycles. The molecule has 0 saturated carbocycles. The number of anilines is 1. The van der Waals surface area contributed by atoms with Gasteiger partial charge in [0.05, 0.1) is 12.7 Å². The zero-order valence-corrected chi connectivity index (χ0v) is 10.9. The molecule has 5 nitrogen and oxygen atoms in total. The number of esters is 1. The Morgan fingerprint density at radius 3 is 2.78 bits per heavy atom. The summed E-state index contributed by atoms with van der Waals surface area (Å²) in [5.74, 6) is -0.00470. The highest BCUT2D eigenvalue weighted by Gasteiger charge is 2.14. The first kappa shape index (κ1) is 14.3. The molecule has 0 bridgehead atoms. The van der Waals surface area contributed by atoms with Crippen molar-refractivity contribution in [2.24, 2.45) is 0 Å². The first-order valence-electron chi connectivity index (χ1n) is 5.80. The molecule has 1 unspecified atom stereocenters. The van der Waals surface area contributed by atoms with Gasteiger partial charge in [-0.15, -0.1) is 0 Å². The standard InChI is InChI=1S/C13H19NO4/c1-4-17-13(15)11-6-5-10(14)7-12(11)18-8-9(2)16-3/h5-7,9H,4,8,14H2,1-3H3. The van der Waals surface area contributed by atoms with Crippen LogP contribution in [0.15, 0.2) is 18.2 Å². The maximum Gasteiger partial charge on any atom is 0.341 e. The summed E-state index contributed by atoms with van der Waals surface area (Å²) in [7, 11) is 1.60. The average molecular weight is 253 g/mol. The van der Waals surface area contributed by atoms with Crippen LogP contribution in [-0.2, 0) is 9.47 Å². The van der Waals surface area contributed by atoms with Crippen molar-refractivity contribution in [3.05, 3.63) is 23.8 Å². The summed E-state index contributed by atoms with van der Waals surface area (Å²) in [6.07, 6.45) is -0.0681. The second-order valence-electron chi connectivity index (χ2n) is 3.83. The fourth-order valence-corrected chi connectivity index (χ4v) is 1.31. The molecule has 2 N–H and O–H groups in total. The Morgan fingerprint density at radius 2 is 2.17 bits per heavy atom. The zero-order valence-electron chi connectivity index (χ0n) is 10.9. The first-order chi connectivity index (χ1) is 8.58. The van der Waals surface area contributed by atoms with E-state index in [1.54, 1.807) is 32.2 Å². The van der Waals surface area contributed by atoms with Gasteiger partial charge in [-0.05, 0) is 26.0 Å². The SMILES string of the molecule is CCOC(=O)c1ccc(N)cc1OCC(C)OC. The van der Waals surface area contributed by atoms with Crippen molar-refractivity contribution >= 4 is 11.7 Å². The third kappa shape index (κ3) is 3.92. The molecule has 1 aromatic carbocycles. The van der Waals surface area contributed by atoms with E-state index in [0.717, 1.165) is 0 Å². The zero-order chi connectivity index (χ0) is 13.5. The summed E-state index contributed by atoms with van der Waals surface area (Å²) >= 11 is 0. The number of ether oxygens (including phenoxy) is 3. The van der Waals surface area contributed by atoms with Gasteiger partial charge >= 0.3 is 5.97 Å². The first-order valence-corrected chi connectivity index (χ1v) is 5.80. The Bertz CT molecular complexity index is 406. The maximum atomic E-state index is 11.7. The molecular weight excluding hydrogens is 234 g/mol. The van der Waals surface area contributed by atoms with Gasteiger partial charge in [0, 0.05) is 18.9 Å². The largest absolute Gasteiger partial charge is 0.490 e. The van der Waals surface area contributed by atoms with Crippen LogP contribution in [-0.4, -0.2) is 32.4 Å². The second kappa shape index (κ2) is 6.86. The van der Waals surface area contributed by atoms with Crippen LogP contribution in [0.3, 0.4) is 0 Å². The van der Waals surface area contributed by atoms with Crippen LogP contribution in [0.5, 0.6) is 5.75 Å². The van der Waals surface area contributed by atoms with Gasteiger partial charge in [-0.25, -0.2) is 4.79 Å². The van der Waals surface area contributed by atoms with Gasteiger partial charge in [0.25, 0.3) is 0 Å². The van der Waals surface area contributed by atoms with Crippen molar-refractivity contribution in [2.75, 3.05) is 26.1 Å². The van der Waals surface area contributed by atoms with Crippen LogP contribution in [0.1, 0.15) is 24.2 Å². The third-order valence-corrected chi connectivity index (χ3v) is 2.38. The predicted octanol–water partition coefficient (Wildman–Crippen LogP) is 1.86. The van der Waals surface area contributed by atoms with Crippen molar-refractivity contribution in [3.63, 3.8) is 0 Å². The Hall–Kier alpha value is -1.75. The third-order valence-electron chi connectivity index (χ3n) is 2.38. The van der Waals surface area contributed by atoms with Gasteiger partial charge in [0.2, 0.25) is 0 Å². The molecule has 0 fully saturated rings. The van der Waals surface area contributed by atoms with Crippen molar-refractivity contribution in [2.45, 2.75) is 20.0 Å². The van der Waals surface area contributed by atoms with E-state index in [1.165, 1.54) is 0 Å². The lowest BCUT2D eigenvalue weighted by atomic mass is 10.2. The molecule has 1 aromatic rings. The van der Waals surface area contributed by atoms with Crippen LogP contribution in [0.4, 0.5) is 5.69 Å². The Balaban J connectivity index is 2.86. The van der Waals surface area contributed by atoms with Crippen LogP contribution in [0.25, 0.3) is 0 Å². The Kier molecular flexibility index (Phi) is 5.45. The van der Waals surface area contributed by atoms with Gasteiger partial charge < -0.3 is 19.9 Å². The molecule has 0 radical (unpaired) electrons. The van der Waals surface area contributed by atoms with Crippen molar-refractivity contribution in [3.8, 4) is 5.75 Å². The number of hydrogen-bond donors (Lipinski definition) is 1. The van der Waals surface area contributed by atoms with E-state index >= 15 is 0 Å². The molecule has 100 valence electrons. The minimum absolute atomic E-state index is 0.0681. The van der Waals surface area contributed by atoms with Crippen LogP contribution < -0.4 is 10.5 Å². The Labute approximate surface area is 107 Å². The van der Waals surface area contributed by atoms with Crippen LogP contribution >= 0.6 is 0 Å². The van der Waals surface area contributed by atoms with Crippen molar-refractivity contribution in [1.29, 1.82) is 0 Å². The highest BCUT2D eigenvalue weighted by molar-refractivity contribution is 5.93. The van der Waals surface area contributed by atoms with E-state index in [9.17, 15) is 4.79 Å². The van der Waals surface area contributed by atoms with Crippen molar-refractivity contribution < 1.29 is 19.0 Å². The van der Waals surface area contributed by atoms with Gasteiger partial charge in [0.15, 0.2) is 0 Å². The molecule has 1 rings (SSSR count). The predicted molar refractivity (Wildman–Crippen MR) is 68.8 cm³/mol. The van der Waals surface area contributed by atoms with Crippen molar-refractivity contribution in [1.82, 2.24) is 0 Å². The molecule has 0 spiro atoms. The summed E-state index contributed by atoms with van der Waals surface area (Å²) in [4.78, 5) is 11.7. The quantitative estimate of drug-likeness (QED) is 0.619. The normalized spacial score (nSPS) is 11.9. The van der Waals surface area contributed by atoms with Crippen LogP contribution in [0.2, 0.25) is 0 Å². The molecule has 0 aliphatic heterocycles. The van der Waals surface area contributed by atoms with E-state index < -0.39 is 5.97 Å². The average Bonchev–Trinajstić information content (AvgIpc) is 2.36. The second-order valence-corrected chi connectivity index (χ2v) is 3.83. The lowest BCUT2D eigenvalue weighted by Gasteiger charge is -2.14. The van der Waals surface area contributed by atoms with Gasteiger partial charge in [-0.3, -0.25) is 0 Å². The van der Waals surface area contributed by atoms with E-state index in [1.807, 2.05) is 6.92 Å². The van der Waals surface area contributed by atoms with E-state index in [0.29, 0.717) is 30.2 Å². The number of hydrogen-bond acceptors (Lipinski definition) is 5. The molecule has 18 heavy (non-hydrogen) atoms. The van der Waals surface area contributed by atoms with Gasteiger partial charge in [0.1, 0.15) is 17.9 Å². The lowest BCUT2D eigenvalue weighted by Crippen LogP contribution is -2.17. The smallest absolute Gasteiger partial charge is 0.341 e. The topological polar surface area (TPSA) is 70.8 Å². The number of nitrogens with two attached hydrogens (primary N) is 1. The highest BCUT2D eigenvalue weighted by Crippen LogP contribution is 2.23. The summed E-state index contributed by atoms with van der Waals surface area (Å²) in [6, 6.07) is 4.84. The molecular formula is C13H19NO4. The summed E-state index contributed by atoms with van der Waals surface area (Å²) < 4.78 is 15.6. The summed E-state index contributed by atoms with van der Waals surface area (Å²) in [6.45, 7) is 4.28. The lowest BCUT2D eigenvalue weighted by molar-refractivity contribution is 0.0507. The van der Waals surface area contributed by atoms with E-state index in [2.05, 4.69) is 0 Å². The fraction of sp³-hybridized carbons (Fsp3) is 0.462. The minimum Gasteiger partial charge on any atom is -0.490 e. The Morgan fingerprint density at radius 1 is 1.44 bits per heavy atom. The summed E-state index contributed by atoms with van der Waals surface area (Å²) in [5.41, 5.74) is 6.58. The molecule has 0 amide bonds. The molecule has 0 aliphatic rings. The van der Waals surface area contributed by atoms with Gasteiger partial charge in [-0.1, -0.05) is 0 Å². The molecule has 0 aliphatic carbocycles. The van der Waals surface area contributed by atoms with Crippen LogP contribution in [0, 0.1) is 0 Å². The summed E-state index contributed by atoms with van der Waals surface area (Å²) in [5, 5.41) is 0. The maximum absolute atomic E-state index is 11.7. The monoisotopic (exact) mass is 253 g/mol. The number of rotatable bonds is 6. The molecule has 0 heterocycles. The van der Waals surface area contributed by atoms with Gasteiger partial charge in [-0.2, -0.15) is 0 Å². The number of carbonyl (C=O) groups is 1. The molecule has 0 saturated heterocycles. The molecule has 5 heteroatoms. The highest BCUT2D eigenvalue weighted by atomic mass is 16.5. The number of benzene rings is 1. The number of methoxy groups -OCH3 is 1. The number of nitrogen functional groups attached to an aromatic ring is 1. The number of carbonyl (C=O) groups excluding carboxylic acids is 1. The fourth-order valence-electron chi connectivity index (χ4n) is 1.31. The van der Waals surface area contributed by atoms with E-state index in [-0.39, 0.29) is 6.10 Å².